The Hall–Kier alpha value is -0.200. The zero-order valence-electron chi connectivity index (χ0n) is 12.2. The van der Waals surface area contributed by atoms with Crippen molar-refractivity contribution >= 4 is 0 Å². The molecule has 0 aromatic carbocycles. The van der Waals surface area contributed by atoms with Gasteiger partial charge in [0.1, 0.15) is 0 Å². The van der Waals surface area contributed by atoms with Crippen molar-refractivity contribution < 1.29 is 23.7 Å². The fourth-order valence-corrected chi connectivity index (χ4v) is 1.56. The van der Waals surface area contributed by atoms with Crippen LogP contribution in [-0.2, 0) is 23.7 Å². The molecule has 0 amide bonds. The van der Waals surface area contributed by atoms with E-state index in [1.807, 2.05) is 27.7 Å². The highest BCUT2D eigenvalue weighted by molar-refractivity contribution is 4.80. The lowest BCUT2D eigenvalue weighted by molar-refractivity contribution is -0.350. The molecule has 109 valence electrons. The first kappa shape index (κ1) is 17.8. The summed E-state index contributed by atoms with van der Waals surface area (Å²) in [6, 6.07) is 0. The lowest BCUT2D eigenvalue weighted by atomic mass is 10.2. The minimum absolute atomic E-state index is 0.296. The molecule has 5 nitrogen and oxygen atoms in total. The van der Waals surface area contributed by atoms with E-state index in [9.17, 15) is 0 Å². The molecule has 0 N–H and O–H groups in total. The SMILES string of the molecule is CCOC(C[CH]C(OC)(OCC)OCC)OCC. The van der Waals surface area contributed by atoms with Gasteiger partial charge in [0.2, 0.25) is 0 Å². The second kappa shape index (κ2) is 10.7. The van der Waals surface area contributed by atoms with Crippen molar-refractivity contribution in [3.8, 4) is 0 Å². The number of hydrogen-bond donors (Lipinski definition) is 0. The highest BCUT2D eigenvalue weighted by atomic mass is 16.9. The van der Waals surface area contributed by atoms with Gasteiger partial charge in [-0.2, -0.15) is 0 Å². The molecule has 0 aromatic heterocycles. The van der Waals surface area contributed by atoms with E-state index in [1.165, 1.54) is 0 Å². The van der Waals surface area contributed by atoms with Gasteiger partial charge in [-0.25, -0.2) is 0 Å². The molecule has 0 heterocycles. The Morgan fingerprint density at radius 1 is 0.889 bits per heavy atom. The van der Waals surface area contributed by atoms with Gasteiger partial charge < -0.3 is 23.7 Å². The van der Waals surface area contributed by atoms with Crippen molar-refractivity contribution in [2.45, 2.75) is 46.4 Å². The maximum absolute atomic E-state index is 5.51. The first-order valence-electron chi connectivity index (χ1n) is 6.58. The van der Waals surface area contributed by atoms with E-state index < -0.39 is 5.97 Å². The van der Waals surface area contributed by atoms with E-state index in [0.717, 1.165) is 0 Å². The molecule has 0 atom stereocenters. The van der Waals surface area contributed by atoms with E-state index in [2.05, 4.69) is 0 Å². The van der Waals surface area contributed by atoms with E-state index in [1.54, 1.807) is 13.5 Å². The molecule has 0 saturated carbocycles. The van der Waals surface area contributed by atoms with Crippen LogP contribution in [0.3, 0.4) is 0 Å². The van der Waals surface area contributed by atoms with Crippen LogP contribution in [0.4, 0.5) is 0 Å². The van der Waals surface area contributed by atoms with E-state index in [0.29, 0.717) is 32.8 Å². The number of ether oxygens (including phenoxy) is 5. The molecule has 18 heavy (non-hydrogen) atoms. The molecule has 0 rings (SSSR count). The first-order chi connectivity index (χ1) is 8.67. The summed E-state index contributed by atoms with van der Waals surface area (Å²) in [6.07, 6.45) is 2.04. The second-order valence-electron chi connectivity index (χ2n) is 3.45. The van der Waals surface area contributed by atoms with Gasteiger partial charge in [0, 0.05) is 40.0 Å². The molecule has 0 aliphatic carbocycles. The highest BCUT2D eigenvalue weighted by Gasteiger charge is 2.33. The van der Waals surface area contributed by atoms with Crippen LogP contribution in [0.2, 0.25) is 0 Å². The van der Waals surface area contributed by atoms with Crippen LogP contribution in [0.15, 0.2) is 0 Å². The third-order valence-corrected chi connectivity index (χ3v) is 2.24. The zero-order chi connectivity index (χ0) is 13.9. The first-order valence-corrected chi connectivity index (χ1v) is 6.58. The quantitative estimate of drug-likeness (QED) is 0.506. The molecule has 5 heteroatoms. The van der Waals surface area contributed by atoms with Crippen LogP contribution in [-0.4, -0.2) is 45.8 Å². The van der Waals surface area contributed by atoms with E-state index in [4.69, 9.17) is 23.7 Å². The van der Waals surface area contributed by atoms with Crippen LogP contribution < -0.4 is 0 Å². The second-order valence-corrected chi connectivity index (χ2v) is 3.45. The summed E-state index contributed by atoms with van der Waals surface area (Å²) in [6.45, 7) is 9.84. The van der Waals surface area contributed by atoms with Crippen LogP contribution in [0.1, 0.15) is 34.1 Å². The highest BCUT2D eigenvalue weighted by Crippen LogP contribution is 2.22. The van der Waals surface area contributed by atoms with Crippen LogP contribution >= 0.6 is 0 Å². The minimum Gasteiger partial charge on any atom is -0.353 e. The summed E-state index contributed by atoms with van der Waals surface area (Å²) in [5.41, 5.74) is 0. The van der Waals surface area contributed by atoms with Gasteiger partial charge in [0.05, 0.1) is 6.42 Å². The smallest absolute Gasteiger partial charge is 0.286 e. The third-order valence-electron chi connectivity index (χ3n) is 2.24. The Labute approximate surface area is 111 Å². The van der Waals surface area contributed by atoms with Crippen LogP contribution in [0, 0.1) is 6.42 Å². The largest absolute Gasteiger partial charge is 0.353 e. The molecule has 0 aromatic rings. The van der Waals surface area contributed by atoms with Crippen molar-refractivity contribution in [3.05, 3.63) is 6.42 Å². The Morgan fingerprint density at radius 2 is 1.39 bits per heavy atom. The van der Waals surface area contributed by atoms with Crippen LogP contribution in [0.25, 0.3) is 0 Å². The Morgan fingerprint density at radius 3 is 1.72 bits per heavy atom. The van der Waals surface area contributed by atoms with Crippen molar-refractivity contribution in [2.75, 3.05) is 33.5 Å². The number of hydrogen-bond acceptors (Lipinski definition) is 5. The lowest BCUT2D eigenvalue weighted by Crippen LogP contribution is -2.40. The molecule has 0 fully saturated rings. The van der Waals surface area contributed by atoms with E-state index in [-0.39, 0.29) is 6.29 Å². The van der Waals surface area contributed by atoms with Gasteiger partial charge in [-0.05, 0) is 27.7 Å². The van der Waals surface area contributed by atoms with Crippen molar-refractivity contribution in [1.29, 1.82) is 0 Å². The van der Waals surface area contributed by atoms with Gasteiger partial charge in [-0.15, -0.1) is 0 Å². The summed E-state index contributed by atoms with van der Waals surface area (Å²) in [7, 11) is 1.55. The summed E-state index contributed by atoms with van der Waals surface area (Å²) in [5, 5.41) is 0. The van der Waals surface area contributed by atoms with Gasteiger partial charge >= 0.3 is 0 Å². The van der Waals surface area contributed by atoms with Crippen molar-refractivity contribution in [3.63, 3.8) is 0 Å². The molecule has 0 unspecified atom stereocenters. The molecule has 0 spiro atoms. The van der Waals surface area contributed by atoms with Gasteiger partial charge in [-0.1, -0.05) is 0 Å². The van der Waals surface area contributed by atoms with E-state index >= 15 is 0 Å². The molecule has 0 aliphatic heterocycles. The predicted octanol–water partition coefficient (Wildman–Crippen LogP) is 2.35. The molecule has 0 bridgehead atoms. The third kappa shape index (κ3) is 6.66. The van der Waals surface area contributed by atoms with Gasteiger partial charge in [0.25, 0.3) is 5.97 Å². The Bertz CT molecular complexity index is 174. The van der Waals surface area contributed by atoms with Crippen molar-refractivity contribution in [1.82, 2.24) is 0 Å². The van der Waals surface area contributed by atoms with Crippen molar-refractivity contribution in [2.24, 2.45) is 0 Å². The standard InChI is InChI=1S/C13H27O5/c1-6-15-12(16-7-2)10-11-13(14-5,17-8-3)18-9-4/h11-12H,6-10H2,1-5H3. The Balaban J connectivity index is 4.36. The maximum atomic E-state index is 5.51. The van der Waals surface area contributed by atoms with Gasteiger partial charge in [-0.3, -0.25) is 0 Å². The number of methoxy groups -OCH3 is 1. The molecular formula is C13H27O5. The monoisotopic (exact) mass is 263 g/mol. The fraction of sp³-hybridized carbons (Fsp3) is 0.923. The predicted molar refractivity (Wildman–Crippen MR) is 68.9 cm³/mol. The lowest BCUT2D eigenvalue weighted by Gasteiger charge is -2.32. The molecule has 0 saturated heterocycles. The molecular weight excluding hydrogens is 236 g/mol. The average molecular weight is 263 g/mol. The summed E-state index contributed by atoms with van der Waals surface area (Å²) in [5.74, 6) is -1.12. The summed E-state index contributed by atoms with van der Waals surface area (Å²) >= 11 is 0. The van der Waals surface area contributed by atoms with Crippen LogP contribution in [0.5, 0.6) is 0 Å². The minimum atomic E-state index is -1.12. The molecule has 1 radical (unpaired) electrons. The van der Waals surface area contributed by atoms with Gasteiger partial charge in [0.15, 0.2) is 6.29 Å². The topological polar surface area (TPSA) is 46.2 Å². The fourth-order valence-electron chi connectivity index (χ4n) is 1.56. The molecule has 0 aliphatic rings. The number of rotatable bonds is 12. The summed E-state index contributed by atoms with van der Waals surface area (Å²) in [4.78, 5) is 0. The maximum Gasteiger partial charge on any atom is 0.286 e. The average Bonchev–Trinajstić information content (AvgIpc) is 2.37. The summed E-state index contributed by atoms with van der Waals surface area (Å²) < 4.78 is 27.3. The Kier molecular flexibility index (Phi) is 10.6. The normalized spacial score (nSPS) is 12.3. The zero-order valence-corrected chi connectivity index (χ0v) is 12.2.